The van der Waals surface area contributed by atoms with Gasteiger partial charge in [0.05, 0.1) is 12.7 Å². The molecule has 0 bridgehead atoms. The summed E-state index contributed by atoms with van der Waals surface area (Å²) in [6, 6.07) is 6.38. The third kappa shape index (κ3) is 14.2. The van der Waals surface area contributed by atoms with Gasteiger partial charge in [-0.1, -0.05) is 37.6 Å². The van der Waals surface area contributed by atoms with Gasteiger partial charge in [0.15, 0.2) is 0 Å². The minimum absolute atomic E-state index is 0.139. The van der Waals surface area contributed by atoms with E-state index in [9.17, 15) is 4.79 Å². The molecule has 1 unspecified atom stereocenters. The lowest BCUT2D eigenvalue weighted by molar-refractivity contribution is -0.154. The Morgan fingerprint density at radius 3 is 2.34 bits per heavy atom. The fourth-order valence-corrected chi connectivity index (χ4v) is 1.95. The van der Waals surface area contributed by atoms with Gasteiger partial charge in [0.1, 0.15) is 0 Å². The number of aliphatic imine (C=N–C) groups is 1. The van der Waals surface area contributed by atoms with E-state index in [2.05, 4.69) is 42.4 Å². The van der Waals surface area contributed by atoms with Crippen molar-refractivity contribution >= 4 is 17.8 Å². The van der Waals surface area contributed by atoms with E-state index < -0.39 is 12.0 Å². The fraction of sp³-hybridized carbons (Fsp3) is 0.455. The van der Waals surface area contributed by atoms with Gasteiger partial charge in [-0.15, -0.1) is 0 Å². The number of carbonyl (C=O) groups is 1. The van der Waals surface area contributed by atoms with Crippen LogP contribution in [0.25, 0.3) is 0 Å². The number of hydrogen-bond acceptors (Lipinski definition) is 6. The third-order valence-electron chi connectivity index (χ3n) is 3.38. The zero-order chi connectivity index (χ0) is 22.8. The van der Waals surface area contributed by atoms with E-state index in [1.54, 1.807) is 18.4 Å². The van der Waals surface area contributed by atoms with Gasteiger partial charge in [-0.25, -0.2) is 5.06 Å². The smallest absolute Gasteiger partial charge is 0.273 e. The topological polar surface area (TPSA) is 105 Å². The Balaban J connectivity index is 0. The van der Waals surface area contributed by atoms with E-state index >= 15 is 0 Å². The SMILES string of the molecule is CC.CC(O)CO.CN(O)C(=O)C1=CC=NC=CC1.CNc1ccc(C)cc1C. The van der Waals surface area contributed by atoms with Crippen molar-refractivity contribution in [3.05, 3.63) is 53.3 Å². The number of hydrogen-bond donors (Lipinski definition) is 4. The number of amides is 1. The van der Waals surface area contributed by atoms with Crippen LogP contribution in [0, 0.1) is 13.8 Å². The Labute approximate surface area is 175 Å². The summed E-state index contributed by atoms with van der Waals surface area (Å²) >= 11 is 0. The molecule has 7 heteroatoms. The Kier molecular flexibility index (Phi) is 17.4. The lowest BCUT2D eigenvalue weighted by atomic mass is 10.1. The highest BCUT2D eigenvalue weighted by Crippen LogP contribution is 2.14. The predicted molar refractivity (Wildman–Crippen MR) is 120 cm³/mol. The van der Waals surface area contributed by atoms with Gasteiger partial charge in [-0.05, 0) is 44.9 Å². The molecule has 0 aliphatic carbocycles. The van der Waals surface area contributed by atoms with Gasteiger partial charge in [-0.3, -0.25) is 15.0 Å². The lowest BCUT2D eigenvalue weighted by Crippen LogP contribution is -2.24. The molecule has 0 aromatic heterocycles. The summed E-state index contributed by atoms with van der Waals surface area (Å²) in [6.07, 6.45) is 6.44. The van der Waals surface area contributed by atoms with Crippen molar-refractivity contribution in [2.24, 2.45) is 4.99 Å². The number of aliphatic hydroxyl groups excluding tert-OH is 2. The second-order valence-electron chi connectivity index (χ2n) is 6.01. The molecular weight excluding hydrogens is 370 g/mol. The number of nitrogens with zero attached hydrogens (tertiary/aromatic N) is 2. The fourth-order valence-electron chi connectivity index (χ4n) is 1.95. The van der Waals surface area contributed by atoms with E-state index in [0.29, 0.717) is 17.1 Å². The molecule has 0 radical (unpaired) electrons. The van der Waals surface area contributed by atoms with Crippen LogP contribution in [0.2, 0.25) is 0 Å². The molecule has 164 valence electrons. The number of benzene rings is 1. The summed E-state index contributed by atoms with van der Waals surface area (Å²) in [6.45, 7) is 9.60. The van der Waals surface area contributed by atoms with E-state index in [1.165, 1.54) is 37.0 Å². The molecule has 1 aliphatic rings. The molecule has 7 nitrogen and oxygen atoms in total. The van der Waals surface area contributed by atoms with Crippen molar-refractivity contribution in [2.75, 3.05) is 26.0 Å². The zero-order valence-corrected chi connectivity index (χ0v) is 18.7. The van der Waals surface area contributed by atoms with Crippen LogP contribution in [0.5, 0.6) is 0 Å². The molecule has 1 aromatic rings. The van der Waals surface area contributed by atoms with E-state index in [1.807, 2.05) is 20.9 Å². The summed E-state index contributed by atoms with van der Waals surface area (Å²) in [5.41, 5.74) is 4.36. The normalized spacial score (nSPS) is 12.4. The van der Waals surface area contributed by atoms with Crippen molar-refractivity contribution in [3.8, 4) is 0 Å². The van der Waals surface area contributed by atoms with Crippen LogP contribution in [-0.4, -0.2) is 59.4 Å². The average molecular weight is 408 g/mol. The first-order chi connectivity index (χ1) is 13.7. The van der Waals surface area contributed by atoms with Crippen LogP contribution in [0.1, 0.15) is 38.3 Å². The first-order valence-corrected chi connectivity index (χ1v) is 9.61. The maximum Gasteiger partial charge on any atom is 0.273 e. The van der Waals surface area contributed by atoms with Gasteiger partial charge in [0, 0.05) is 37.8 Å². The highest BCUT2D eigenvalue weighted by molar-refractivity contribution is 5.97. The molecule has 2 rings (SSSR count). The molecule has 0 saturated carbocycles. The molecule has 1 heterocycles. The van der Waals surface area contributed by atoms with Crippen LogP contribution in [0.3, 0.4) is 0 Å². The summed E-state index contributed by atoms with van der Waals surface area (Å²) in [7, 11) is 3.24. The minimum atomic E-state index is -0.560. The maximum absolute atomic E-state index is 11.2. The van der Waals surface area contributed by atoms with Gasteiger partial charge in [0.25, 0.3) is 5.91 Å². The highest BCUT2D eigenvalue weighted by Gasteiger charge is 2.11. The van der Waals surface area contributed by atoms with E-state index in [0.717, 1.165) is 0 Å². The second-order valence-corrected chi connectivity index (χ2v) is 6.01. The van der Waals surface area contributed by atoms with Crippen LogP contribution in [0.15, 0.2) is 47.1 Å². The molecule has 29 heavy (non-hydrogen) atoms. The number of likely N-dealkylation sites (N-methyl/N-ethyl adjacent to an activating group) is 1. The zero-order valence-electron chi connectivity index (χ0n) is 18.7. The average Bonchev–Trinajstić information content (AvgIpc) is 2.99. The number of hydroxylamine groups is 2. The van der Waals surface area contributed by atoms with Crippen molar-refractivity contribution in [2.45, 2.75) is 47.1 Å². The Bertz CT molecular complexity index is 666. The number of carbonyl (C=O) groups excluding carboxylic acids is 1. The molecule has 0 fully saturated rings. The summed E-state index contributed by atoms with van der Waals surface area (Å²) in [4.78, 5) is 15.0. The number of allylic oxidation sites excluding steroid dienone is 2. The predicted octanol–water partition coefficient (Wildman–Crippen LogP) is 3.48. The van der Waals surface area contributed by atoms with Gasteiger partial charge in [-0.2, -0.15) is 0 Å². The molecule has 1 atom stereocenters. The number of anilines is 1. The quantitative estimate of drug-likeness (QED) is 0.453. The summed E-state index contributed by atoms with van der Waals surface area (Å²) in [5.74, 6) is -0.395. The van der Waals surface area contributed by atoms with Crippen LogP contribution in [-0.2, 0) is 4.79 Å². The van der Waals surface area contributed by atoms with Crippen molar-refractivity contribution in [3.63, 3.8) is 0 Å². The summed E-state index contributed by atoms with van der Waals surface area (Å²) in [5, 5.41) is 28.5. The first kappa shape index (κ1) is 28.7. The van der Waals surface area contributed by atoms with Crippen molar-refractivity contribution < 1.29 is 20.2 Å². The molecule has 1 aromatic carbocycles. The Morgan fingerprint density at radius 1 is 1.31 bits per heavy atom. The molecule has 0 spiro atoms. The van der Waals surface area contributed by atoms with Crippen LogP contribution >= 0.6 is 0 Å². The Hall–Kier alpha value is -2.48. The molecule has 4 N–H and O–H groups in total. The van der Waals surface area contributed by atoms with Crippen LogP contribution < -0.4 is 5.32 Å². The number of nitrogens with one attached hydrogen (secondary N) is 1. The first-order valence-electron chi connectivity index (χ1n) is 9.61. The largest absolute Gasteiger partial charge is 0.394 e. The van der Waals surface area contributed by atoms with Gasteiger partial charge in [0.2, 0.25) is 0 Å². The van der Waals surface area contributed by atoms with Gasteiger partial charge < -0.3 is 15.5 Å². The molecule has 1 aliphatic heterocycles. The maximum atomic E-state index is 11.2. The molecule has 0 saturated heterocycles. The number of rotatable bonds is 3. The number of aliphatic hydroxyl groups is 2. The van der Waals surface area contributed by atoms with Crippen LogP contribution in [0.4, 0.5) is 5.69 Å². The third-order valence-corrected chi connectivity index (χ3v) is 3.38. The monoisotopic (exact) mass is 407 g/mol. The molecular formula is C22H37N3O4. The van der Waals surface area contributed by atoms with E-state index in [-0.39, 0.29) is 6.61 Å². The minimum Gasteiger partial charge on any atom is -0.394 e. The van der Waals surface area contributed by atoms with Crippen molar-refractivity contribution in [1.82, 2.24) is 5.06 Å². The number of aryl methyl sites for hydroxylation is 2. The summed E-state index contributed by atoms with van der Waals surface area (Å²) < 4.78 is 0. The highest BCUT2D eigenvalue weighted by atomic mass is 16.5. The standard InChI is InChI=1S/C9H13N.C8H10N2O2.C3H8O2.C2H6/c1-7-4-5-9(10-3)8(2)6-7;1-10(12)8(11)7-3-2-5-9-6-4-7;1-3(5)2-4;1-2/h4-6,10H,1-3H3;2,4-6,12H,3H2,1H3;3-5H,2H2,1H3;1-2H3. The Morgan fingerprint density at radius 2 is 1.90 bits per heavy atom. The second kappa shape index (κ2) is 17.6. The van der Waals surface area contributed by atoms with Crippen molar-refractivity contribution in [1.29, 1.82) is 0 Å². The van der Waals surface area contributed by atoms with Gasteiger partial charge >= 0.3 is 0 Å². The molecule has 1 amide bonds. The van der Waals surface area contributed by atoms with E-state index in [4.69, 9.17) is 15.4 Å². The lowest BCUT2D eigenvalue weighted by Gasteiger charge is -2.08.